The summed E-state index contributed by atoms with van der Waals surface area (Å²) < 4.78 is 8.96. The van der Waals surface area contributed by atoms with Crippen LogP contribution in [-0.2, 0) is 28.7 Å². The van der Waals surface area contributed by atoms with Crippen LogP contribution in [0.2, 0.25) is 0 Å². The number of pyridine rings is 1. The summed E-state index contributed by atoms with van der Waals surface area (Å²) in [6.07, 6.45) is 4.59. The van der Waals surface area contributed by atoms with Crippen molar-refractivity contribution in [1.82, 2.24) is 26.1 Å². The van der Waals surface area contributed by atoms with Crippen LogP contribution in [-0.4, -0.2) is 87.1 Å². The van der Waals surface area contributed by atoms with Crippen molar-refractivity contribution in [3.8, 4) is 0 Å². The van der Waals surface area contributed by atoms with E-state index in [-0.39, 0.29) is 17.7 Å². The number of carbonyl (C=O) groups is 4. The maximum absolute atomic E-state index is 14.1. The number of alkyl halides is 3. The van der Waals surface area contributed by atoms with E-state index in [1.807, 2.05) is 57.2 Å². The standard InChI is InChI=1S/C35H46Cl3N5O7/c1-20(2)29(30(45)39-21(3)31(46)43-15-6-7-27(42-43)32(47)50-19-35(36,37)38)41-33(48)34(5,25-13-16-49-18-25)14-12-23-8-9-24-10-11-26(22(4)44)40-28(24)17-23/h8-12,14,17,20-22,25,27,29,42,44H,6-7,13,15-16,18-19H2,1-5H3,(H,39,45)(H,41,48)/b14-12+/t21-,22+,25?,27-,29-,34?/m0/s1. The molecular weight excluding hydrogens is 709 g/mol. The van der Waals surface area contributed by atoms with Gasteiger partial charge in [0.05, 0.1) is 29.3 Å². The molecule has 0 saturated carbocycles. The fraction of sp³-hybridized carbons (Fsp3) is 0.571. The quantitative estimate of drug-likeness (QED) is 0.182. The molecule has 2 fully saturated rings. The minimum atomic E-state index is -1.76. The Balaban J connectivity index is 1.45. The molecule has 3 heterocycles. The molecule has 15 heteroatoms. The average Bonchev–Trinajstić information content (AvgIpc) is 3.63. The van der Waals surface area contributed by atoms with E-state index in [1.54, 1.807) is 13.0 Å². The van der Waals surface area contributed by atoms with Crippen molar-refractivity contribution in [1.29, 1.82) is 0 Å². The van der Waals surface area contributed by atoms with Crippen molar-refractivity contribution in [3.05, 3.63) is 47.7 Å². The number of halogens is 3. The number of hydrogen-bond donors (Lipinski definition) is 4. The summed E-state index contributed by atoms with van der Waals surface area (Å²) in [5.41, 5.74) is 3.92. The van der Waals surface area contributed by atoms with Gasteiger partial charge in [0.15, 0.2) is 0 Å². The molecule has 4 rings (SSSR count). The zero-order chi connectivity index (χ0) is 36.8. The lowest BCUT2D eigenvalue weighted by Crippen LogP contribution is -2.61. The monoisotopic (exact) mass is 753 g/mol. The Morgan fingerprint density at radius 1 is 1.12 bits per heavy atom. The van der Waals surface area contributed by atoms with Crippen LogP contribution >= 0.6 is 34.8 Å². The Bertz CT molecular complexity index is 1580. The van der Waals surface area contributed by atoms with Gasteiger partial charge in [0, 0.05) is 24.5 Å². The van der Waals surface area contributed by atoms with Crippen LogP contribution < -0.4 is 16.1 Å². The first-order valence-corrected chi connectivity index (χ1v) is 17.9. The average molecular weight is 755 g/mol. The molecule has 0 radical (unpaired) electrons. The van der Waals surface area contributed by atoms with E-state index in [4.69, 9.17) is 44.3 Å². The van der Waals surface area contributed by atoms with Crippen LogP contribution in [0.5, 0.6) is 0 Å². The number of hydrazine groups is 1. The van der Waals surface area contributed by atoms with Gasteiger partial charge in [-0.25, -0.2) is 5.43 Å². The van der Waals surface area contributed by atoms with E-state index in [2.05, 4.69) is 21.0 Å². The second-order valence-electron chi connectivity index (χ2n) is 13.5. The molecule has 3 amide bonds. The normalized spacial score (nSPS) is 21.4. The summed E-state index contributed by atoms with van der Waals surface area (Å²) in [5.74, 6) is -2.45. The number of esters is 1. The van der Waals surface area contributed by atoms with Crippen molar-refractivity contribution in [3.63, 3.8) is 0 Å². The zero-order valence-corrected chi connectivity index (χ0v) is 31.1. The third-order valence-electron chi connectivity index (χ3n) is 9.13. The van der Waals surface area contributed by atoms with Gasteiger partial charge in [0.25, 0.3) is 5.91 Å². The zero-order valence-electron chi connectivity index (χ0n) is 28.9. The summed E-state index contributed by atoms with van der Waals surface area (Å²) in [6, 6.07) is 6.70. The first kappa shape index (κ1) is 39.8. The first-order valence-electron chi connectivity index (χ1n) is 16.8. The highest BCUT2D eigenvalue weighted by Gasteiger charge is 2.43. The smallest absolute Gasteiger partial charge is 0.325 e. The molecule has 2 aliphatic rings. The van der Waals surface area contributed by atoms with Crippen molar-refractivity contribution >= 4 is 75.5 Å². The van der Waals surface area contributed by atoms with Gasteiger partial charge in [-0.15, -0.1) is 0 Å². The summed E-state index contributed by atoms with van der Waals surface area (Å²) in [4.78, 5) is 58.1. The number of aliphatic hydroxyl groups excluding tert-OH is 1. The molecule has 2 aliphatic heterocycles. The predicted molar refractivity (Wildman–Crippen MR) is 192 cm³/mol. The Hall–Kier alpha value is -3.00. The number of aromatic nitrogens is 1. The number of nitrogens with one attached hydrogen (secondary N) is 3. The van der Waals surface area contributed by atoms with Crippen LogP contribution in [0.25, 0.3) is 17.0 Å². The molecule has 12 nitrogen and oxygen atoms in total. The fourth-order valence-electron chi connectivity index (χ4n) is 5.96. The van der Waals surface area contributed by atoms with Gasteiger partial charge in [0.2, 0.25) is 15.6 Å². The molecule has 6 atom stereocenters. The van der Waals surface area contributed by atoms with Crippen molar-refractivity contribution in [2.24, 2.45) is 17.3 Å². The lowest BCUT2D eigenvalue weighted by molar-refractivity contribution is -0.152. The molecule has 4 N–H and O–H groups in total. The Kier molecular flexibility index (Phi) is 13.5. The predicted octanol–water partition coefficient (Wildman–Crippen LogP) is 4.40. The van der Waals surface area contributed by atoms with E-state index in [9.17, 15) is 24.3 Å². The number of hydrogen-bond acceptors (Lipinski definition) is 9. The minimum absolute atomic E-state index is 0.143. The van der Waals surface area contributed by atoms with Crippen molar-refractivity contribution in [2.75, 3.05) is 26.4 Å². The third-order valence-corrected chi connectivity index (χ3v) is 9.46. The number of fused-ring (bicyclic) bond motifs is 1. The lowest BCUT2D eigenvalue weighted by atomic mass is 9.74. The van der Waals surface area contributed by atoms with Crippen LogP contribution in [0.4, 0.5) is 0 Å². The molecule has 1 aromatic carbocycles. The summed E-state index contributed by atoms with van der Waals surface area (Å²) in [7, 11) is 0. The Morgan fingerprint density at radius 2 is 1.84 bits per heavy atom. The van der Waals surface area contributed by atoms with E-state index in [0.717, 1.165) is 16.5 Å². The molecule has 0 bridgehead atoms. The van der Waals surface area contributed by atoms with Gasteiger partial charge in [0.1, 0.15) is 24.7 Å². The van der Waals surface area contributed by atoms with Crippen LogP contribution in [0.3, 0.4) is 0 Å². The summed E-state index contributed by atoms with van der Waals surface area (Å²) >= 11 is 17.0. The number of nitrogens with zero attached hydrogens (tertiary/aromatic N) is 2. The molecule has 50 heavy (non-hydrogen) atoms. The topological polar surface area (TPSA) is 159 Å². The van der Waals surface area contributed by atoms with E-state index < -0.39 is 57.8 Å². The van der Waals surface area contributed by atoms with Gasteiger partial charge in [-0.1, -0.05) is 79.0 Å². The van der Waals surface area contributed by atoms with E-state index in [1.165, 1.54) is 11.9 Å². The molecule has 2 saturated heterocycles. The SMILES string of the molecule is CC(C)[C@H](NC(=O)C(C)(/C=C/c1ccc2ccc([C@@H](C)O)nc2c1)C1CCOC1)C(=O)N[C@@H](C)C(=O)N1CCC[C@@H](C(=O)OCC(Cl)(Cl)Cl)N1. The number of benzene rings is 1. The van der Waals surface area contributed by atoms with Gasteiger partial charge in [-0.05, 0) is 63.6 Å². The van der Waals surface area contributed by atoms with Gasteiger partial charge in [-0.2, -0.15) is 0 Å². The molecular formula is C35H46Cl3N5O7. The Labute approximate surface area is 307 Å². The Morgan fingerprint density at radius 3 is 2.48 bits per heavy atom. The largest absolute Gasteiger partial charge is 0.460 e. The molecule has 2 unspecified atom stereocenters. The molecule has 0 aliphatic carbocycles. The van der Waals surface area contributed by atoms with Crippen molar-refractivity contribution in [2.45, 2.75) is 81.9 Å². The van der Waals surface area contributed by atoms with E-state index >= 15 is 0 Å². The number of amides is 3. The second kappa shape index (κ2) is 17.0. The van der Waals surface area contributed by atoms with Gasteiger partial charge < -0.3 is 25.2 Å². The van der Waals surface area contributed by atoms with Crippen LogP contribution in [0.15, 0.2) is 36.4 Å². The second-order valence-corrected chi connectivity index (χ2v) is 16.0. The number of aliphatic hydroxyl groups is 1. The number of ether oxygens (including phenoxy) is 2. The lowest BCUT2D eigenvalue weighted by Gasteiger charge is -2.35. The maximum Gasteiger partial charge on any atom is 0.325 e. The minimum Gasteiger partial charge on any atom is -0.460 e. The van der Waals surface area contributed by atoms with Crippen LogP contribution in [0, 0.1) is 17.3 Å². The molecule has 0 spiro atoms. The molecule has 274 valence electrons. The highest BCUT2D eigenvalue weighted by Crippen LogP contribution is 2.37. The van der Waals surface area contributed by atoms with Crippen LogP contribution in [0.1, 0.15) is 71.2 Å². The number of carbonyl (C=O) groups excluding carboxylic acids is 4. The fourth-order valence-corrected chi connectivity index (χ4v) is 6.12. The summed E-state index contributed by atoms with van der Waals surface area (Å²) in [5, 5.41) is 17.9. The first-order chi connectivity index (χ1) is 23.5. The van der Waals surface area contributed by atoms with Gasteiger partial charge in [-0.3, -0.25) is 29.2 Å². The van der Waals surface area contributed by atoms with Crippen molar-refractivity contribution < 1.29 is 33.8 Å². The summed E-state index contributed by atoms with van der Waals surface area (Å²) in [6.45, 7) is 9.43. The van der Waals surface area contributed by atoms with Gasteiger partial charge >= 0.3 is 5.97 Å². The third kappa shape index (κ3) is 10.3. The highest BCUT2D eigenvalue weighted by atomic mass is 35.6. The molecule has 2 aromatic rings. The molecule has 1 aromatic heterocycles. The highest BCUT2D eigenvalue weighted by molar-refractivity contribution is 6.67. The maximum atomic E-state index is 14.1. The number of rotatable bonds is 12. The van der Waals surface area contributed by atoms with E-state index in [0.29, 0.717) is 44.7 Å².